The first-order valence-electron chi connectivity index (χ1n) is 5.44. The molecule has 1 saturated carbocycles. The SMILES string of the molecule is Clc1cc(Sc2ccccn2)nc(C2CC2)n1. The van der Waals surface area contributed by atoms with Gasteiger partial charge in [-0.3, -0.25) is 0 Å². The summed E-state index contributed by atoms with van der Waals surface area (Å²) in [7, 11) is 0. The summed E-state index contributed by atoms with van der Waals surface area (Å²) in [5.74, 6) is 1.38. The molecule has 3 nitrogen and oxygen atoms in total. The molecule has 0 aromatic carbocycles. The molecular formula is C12H10ClN3S. The Balaban J connectivity index is 1.87. The summed E-state index contributed by atoms with van der Waals surface area (Å²) in [5, 5.41) is 2.30. The van der Waals surface area contributed by atoms with Crippen LogP contribution in [0.1, 0.15) is 24.6 Å². The molecule has 2 aromatic rings. The van der Waals surface area contributed by atoms with Crippen LogP contribution in [0.15, 0.2) is 40.5 Å². The third kappa shape index (κ3) is 2.76. The zero-order chi connectivity index (χ0) is 11.7. The van der Waals surface area contributed by atoms with E-state index in [0.717, 1.165) is 15.9 Å². The van der Waals surface area contributed by atoms with Gasteiger partial charge < -0.3 is 0 Å². The molecule has 86 valence electrons. The molecule has 1 aliphatic rings. The summed E-state index contributed by atoms with van der Waals surface area (Å²) in [4.78, 5) is 13.0. The van der Waals surface area contributed by atoms with Crippen molar-refractivity contribution in [1.82, 2.24) is 15.0 Å². The van der Waals surface area contributed by atoms with Crippen LogP contribution in [-0.2, 0) is 0 Å². The monoisotopic (exact) mass is 263 g/mol. The molecule has 2 heterocycles. The first-order valence-corrected chi connectivity index (χ1v) is 6.64. The Hall–Kier alpha value is -1.13. The molecule has 0 amide bonds. The van der Waals surface area contributed by atoms with Crippen molar-refractivity contribution >= 4 is 23.4 Å². The fraction of sp³-hybridized carbons (Fsp3) is 0.250. The van der Waals surface area contributed by atoms with Crippen molar-refractivity contribution in [3.63, 3.8) is 0 Å². The number of nitrogens with zero attached hydrogens (tertiary/aromatic N) is 3. The summed E-state index contributed by atoms with van der Waals surface area (Å²) in [6.45, 7) is 0. The molecule has 0 atom stereocenters. The highest BCUT2D eigenvalue weighted by atomic mass is 35.5. The molecule has 2 aromatic heterocycles. The number of hydrogen-bond acceptors (Lipinski definition) is 4. The van der Waals surface area contributed by atoms with Gasteiger partial charge in [-0.15, -0.1) is 0 Å². The van der Waals surface area contributed by atoms with E-state index in [9.17, 15) is 0 Å². The second-order valence-electron chi connectivity index (χ2n) is 3.93. The molecule has 1 fully saturated rings. The average Bonchev–Trinajstić information content (AvgIpc) is 3.13. The van der Waals surface area contributed by atoms with Crippen LogP contribution in [0.4, 0.5) is 0 Å². The Morgan fingerprint density at radius 3 is 2.76 bits per heavy atom. The van der Waals surface area contributed by atoms with Gasteiger partial charge >= 0.3 is 0 Å². The van der Waals surface area contributed by atoms with E-state index in [1.165, 1.54) is 24.6 Å². The van der Waals surface area contributed by atoms with Crippen LogP contribution < -0.4 is 0 Å². The Morgan fingerprint density at radius 1 is 1.18 bits per heavy atom. The maximum absolute atomic E-state index is 6.00. The smallest absolute Gasteiger partial charge is 0.134 e. The van der Waals surface area contributed by atoms with Crippen LogP contribution >= 0.6 is 23.4 Å². The predicted molar refractivity (Wildman–Crippen MR) is 67.4 cm³/mol. The van der Waals surface area contributed by atoms with Gasteiger partial charge in [-0.2, -0.15) is 0 Å². The Labute approximate surface area is 109 Å². The minimum atomic E-state index is 0.511. The highest BCUT2D eigenvalue weighted by molar-refractivity contribution is 7.99. The number of pyridine rings is 1. The summed E-state index contributed by atoms with van der Waals surface area (Å²) < 4.78 is 0. The summed E-state index contributed by atoms with van der Waals surface area (Å²) >= 11 is 7.52. The van der Waals surface area contributed by atoms with Gasteiger partial charge in [0, 0.05) is 18.2 Å². The summed E-state index contributed by atoms with van der Waals surface area (Å²) in [5.41, 5.74) is 0. The second-order valence-corrected chi connectivity index (χ2v) is 5.36. The Bertz CT molecular complexity index is 529. The van der Waals surface area contributed by atoms with Gasteiger partial charge in [-0.1, -0.05) is 17.7 Å². The van der Waals surface area contributed by atoms with E-state index in [1.54, 1.807) is 12.3 Å². The maximum atomic E-state index is 6.00. The van der Waals surface area contributed by atoms with Crippen molar-refractivity contribution in [3.8, 4) is 0 Å². The summed E-state index contributed by atoms with van der Waals surface area (Å²) in [6, 6.07) is 7.59. The van der Waals surface area contributed by atoms with Gasteiger partial charge in [0.1, 0.15) is 21.0 Å². The zero-order valence-electron chi connectivity index (χ0n) is 9.01. The fourth-order valence-electron chi connectivity index (χ4n) is 1.50. The van der Waals surface area contributed by atoms with Crippen LogP contribution in [0.25, 0.3) is 0 Å². The second kappa shape index (κ2) is 4.63. The molecule has 0 unspecified atom stereocenters. The van der Waals surface area contributed by atoms with Crippen LogP contribution in [0.5, 0.6) is 0 Å². The Morgan fingerprint density at radius 2 is 2.06 bits per heavy atom. The molecule has 17 heavy (non-hydrogen) atoms. The van der Waals surface area contributed by atoms with Crippen LogP contribution in [0.3, 0.4) is 0 Å². The highest BCUT2D eigenvalue weighted by Crippen LogP contribution is 2.39. The summed E-state index contributed by atoms with van der Waals surface area (Å²) in [6.07, 6.45) is 4.12. The average molecular weight is 264 g/mol. The van der Waals surface area contributed by atoms with E-state index >= 15 is 0 Å². The van der Waals surface area contributed by atoms with E-state index in [2.05, 4.69) is 15.0 Å². The van der Waals surface area contributed by atoms with Gasteiger partial charge in [0.05, 0.1) is 0 Å². The molecule has 0 spiro atoms. The van der Waals surface area contributed by atoms with Crippen molar-refractivity contribution in [2.24, 2.45) is 0 Å². The lowest BCUT2D eigenvalue weighted by Crippen LogP contribution is -1.94. The van der Waals surface area contributed by atoms with Crippen LogP contribution in [0, 0.1) is 0 Å². The van der Waals surface area contributed by atoms with Gasteiger partial charge in [0.2, 0.25) is 0 Å². The lowest BCUT2D eigenvalue weighted by Gasteiger charge is -2.03. The van der Waals surface area contributed by atoms with Crippen molar-refractivity contribution in [2.45, 2.75) is 28.8 Å². The predicted octanol–water partition coefficient (Wildman–Crippen LogP) is 3.55. The number of halogens is 1. The third-order valence-corrected chi connectivity index (χ3v) is 3.54. The molecular weight excluding hydrogens is 254 g/mol. The number of aromatic nitrogens is 3. The highest BCUT2D eigenvalue weighted by Gasteiger charge is 2.27. The molecule has 1 aliphatic carbocycles. The van der Waals surface area contributed by atoms with E-state index in [-0.39, 0.29) is 0 Å². The minimum Gasteiger partial charge on any atom is -0.250 e. The quantitative estimate of drug-likeness (QED) is 0.794. The van der Waals surface area contributed by atoms with Gasteiger partial charge in [0.15, 0.2) is 0 Å². The molecule has 0 bridgehead atoms. The van der Waals surface area contributed by atoms with E-state index in [0.29, 0.717) is 11.1 Å². The fourth-order valence-corrected chi connectivity index (χ4v) is 2.54. The first-order chi connectivity index (χ1) is 8.31. The van der Waals surface area contributed by atoms with Crippen molar-refractivity contribution in [2.75, 3.05) is 0 Å². The van der Waals surface area contributed by atoms with Gasteiger partial charge in [0.25, 0.3) is 0 Å². The van der Waals surface area contributed by atoms with Crippen molar-refractivity contribution in [1.29, 1.82) is 0 Å². The van der Waals surface area contributed by atoms with Crippen LogP contribution in [-0.4, -0.2) is 15.0 Å². The molecule has 5 heteroatoms. The van der Waals surface area contributed by atoms with Gasteiger partial charge in [-0.05, 0) is 36.7 Å². The van der Waals surface area contributed by atoms with E-state index < -0.39 is 0 Å². The zero-order valence-corrected chi connectivity index (χ0v) is 10.6. The van der Waals surface area contributed by atoms with E-state index in [1.807, 2.05) is 18.2 Å². The lowest BCUT2D eigenvalue weighted by atomic mass is 10.4. The minimum absolute atomic E-state index is 0.511. The van der Waals surface area contributed by atoms with Crippen molar-refractivity contribution < 1.29 is 0 Å². The molecule has 3 rings (SSSR count). The van der Waals surface area contributed by atoms with Crippen LogP contribution in [0.2, 0.25) is 5.15 Å². The molecule has 0 N–H and O–H groups in total. The molecule has 0 aliphatic heterocycles. The van der Waals surface area contributed by atoms with E-state index in [4.69, 9.17) is 11.6 Å². The third-order valence-electron chi connectivity index (χ3n) is 2.48. The Kier molecular flexibility index (Phi) is 2.99. The number of rotatable bonds is 3. The molecule has 0 saturated heterocycles. The lowest BCUT2D eigenvalue weighted by molar-refractivity contribution is 0.877. The number of hydrogen-bond donors (Lipinski definition) is 0. The van der Waals surface area contributed by atoms with Gasteiger partial charge in [-0.25, -0.2) is 15.0 Å². The standard InChI is InChI=1S/C12H10ClN3S/c13-9-7-11(16-12(15-9)8-4-5-8)17-10-3-1-2-6-14-10/h1-3,6-8H,4-5H2. The largest absolute Gasteiger partial charge is 0.250 e. The maximum Gasteiger partial charge on any atom is 0.134 e. The normalized spacial score (nSPS) is 14.9. The molecule has 0 radical (unpaired) electrons. The topological polar surface area (TPSA) is 38.7 Å². The first kappa shape index (κ1) is 11.0. The van der Waals surface area contributed by atoms with Crippen molar-refractivity contribution in [3.05, 3.63) is 41.4 Å².